The smallest absolute Gasteiger partial charge is 0.220 e. The van der Waals surface area contributed by atoms with E-state index >= 15 is 0 Å². The molecule has 0 spiro atoms. The van der Waals surface area contributed by atoms with Crippen LogP contribution in [0, 0.1) is 6.92 Å². The summed E-state index contributed by atoms with van der Waals surface area (Å²) in [5, 5.41) is 13.5. The van der Waals surface area contributed by atoms with Gasteiger partial charge in [0.1, 0.15) is 13.2 Å². The maximum absolute atomic E-state index is 11.0. The number of amides is 2. The molecule has 0 bridgehead atoms. The molecular weight excluding hydrogens is 630 g/mol. The van der Waals surface area contributed by atoms with E-state index in [4.69, 9.17) is 30.5 Å². The average molecular weight is 680 g/mol. The molecule has 1 aromatic carbocycles. The zero-order valence-corrected chi connectivity index (χ0v) is 29.1. The highest BCUT2D eigenvalue weighted by Crippen LogP contribution is 2.27. The van der Waals surface area contributed by atoms with Gasteiger partial charge in [-0.15, -0.1) is 0 Å². The van der Waals surface area contributed by atoms with E-state index in [-0.39, 0.29) is 25.0 Å². The quantitative estimate of drug-likeness (QED) is 0.0574. The minimum Gasteiger partial charge on any atom is -0.481 e. The van der Waals surface area contributed by atoms with Crippen molar-refractivity contribution in [3.05, 3.63) is 76.1 Å². The molecule has 0 radical (unpaired) electrons. The first-order valence-electron chi connectivity index (χ1n) is 15.9. The summed E-state index contributed by atoms with van der Waals surface area (Å²) in [6, 6.07) is 13.1. The number of carbonyl (C=O) groups excluding carboxylic acids is 2. The molecule has 15 heteroatoms. The maximum atomic E-state index is 11.0. The number of hydrazine groups is 1. The van der Waals surface area contributed by atoms with Gasteiger partial charge < -0.3 is 45.9 Å². The number of nitrogens with zero attached hydrogens (tertiary/aromatic N) is 3. The Morgan fingerprint density at radius 3 is 1.80 bits per heavy atom. The zero-order valence-electron chi connectivity index (χ0n) is 29.1. The fourth-order valence-electron chi connectivity index (χ4n) is 4.62. The van der Waals surface area contributed by atoms with Crippen LogP contribution in [0.15, 0.2) is 53.9 Å². The predicted molar refractivity (Wildman–Crippen MR) is 187 cm³/mol. The number of aromatic nitrogens is 2. The van der Waals surface area contributed by atoms with Crippen LogP contribution < -0.4 is 56.8 Å². The van der Waals surface area contributed by atoms with Crippen molar-refractivity contribution in [1.29, 1.82) is 0 Å². The van der Waals surface area contributed by atoms with Crippen molar-refractivity contribution in [2.45, 2.75) is 47.4 Å². The highest BCUT2D eigenvalue weighted by atomic mass is 16.5. The average Bonchev–Trinajstić information content (AvgIpc) is 3.09. The molecule has 0 saturated heterocycles. The Morgan fingerprint density at radius 2 is 1.29 bits per heavy atom. The predicted octanol–water partition coefficient (Wildman–Crippen LogP) is 1.78. The molecule has 0 saturated carbocycles. The van der Waals surface area contributed by atoms with Crippen molar-refractivity contribution in [3.63, 3.8) is 0 Å². The molecule has 0 unspecified atom stereocenters. The molecular formula is C34H49N9O6. The Balaban J connectivity index is 1.59. The first kappa shape index (κ1) is 38.3. The minimum absolute atomic E-state index is 0.0557. The van der Waals surface area contributed by atoms with E-state index in [9.17, 15) is 9.59 Å². The van der Waals surface area contributed by atoms with Gasteiger partial charge in [0.25, 0.3) is 0 Å². The summed E-state index contributed by atoms with van der Waals surface area (Å²) >= 11 is 0. The molecule has 8 N–H and O–H groups in total. The van der Waals surface area contributed by atoms with Crippen LogP contribution in [0.4, 0.5) is 5.69 Å². The molecule has 49 heavy (non-hydrogen) atoms. The van der Waals surface area contributed by atoms with Crippen LogP contribution in [0.1, 0.15) is 43.0 Å². The second-order valence-electron chi connectivity index (χ2n) is 11.1. The Bertz CT molecular complexity index is 1580. The van der Waals surface area contributed by atoms with Crippen molar-refractivity contribution in [3.8, 4) is 23.5 Å². The second kappa shape index (κ2) is 19.6. The molecule has 15 nitrogen and oxygen atoms in total. The fraction of sp³-hybridized carbons (Fsp3) is 0.412. The van der Waals surface area contributed by atoms with Gasteiger partial charge >= 0.3 is 0 Å². The number of nitrogens with two attached hydrogens (primary N) is 2. The molecule has 2 heterocycles. The summed E-state index contributed by atoms with van der Waals surface area (Å²) < 4.78 is 22.8. The third-order valence-corrected chi connectivity index (χ3v) is 7.45. The molecule has 3 rings (SSSR count). The van der Waals surface area contributed by atoms with Gasteiger partial charge in [0, 0.05) is 76.4 Å². The van der Waals surface area contributed by atoms with Crippen molar-refractivity contribution in [2.24, 2.45) is 11.6 Å². The Kier molecular flexibility index (Phi) is 15.4. The molecule has 2 aromatic heterocycles. The Hall–Kier alpha value is -5.12. The normalized spacial score (nSPS) is 11.3. The SMILES string of the molecule is COc1nc(OC/C(N)=C(\C)N(N)c2cccc(COc3ccc(CNCCNC(C)=O)c(OC)n3)c2C)ccc1CNCCNC(C)=O. The van der Waals surface area contributed by atoms with Crippen LogP contribution in [-0.4, -0.2) is 68.8 Å². The number of hydrogen-bond donors (Lipinski definition) is 6. The van der Waals surface area contributed by atoms with E-state index in [0.717, 1.165) is 27.9 Å². The number of carbonyl (C=O) groups is 2. The van der Waals surface area contributed by atoms with E-state index in [1.54, 1.807) is 26.4 Å². The maximum Gasteiger partial charge on any atom is 0.220 e. The highest BCUT2D eigenvalue weighted by Gasteiger charge is 2.15. The lowest BCUT2D eigenvalue weighted by atomic mass is 10.1. The number of allylic oxidation sites excluding steroid dienone is 1. The topological polar surface area (TPSA) is 200 Å². The highest BCUT2D eigenvalue weighted by molar-refractivity contribution is 5.73. The lowest BCUT2D eigenvalue weighted by Gasteiger charge is -2.24. The van der Waals surface area contributed by atoms with Crippen molar-refractivity contribution in [2.75, 3.05) is 52.0 Å². The fourth-order valence-corrected chi connectivity index (χ4v) is 4.62. The number of hydrogen-bond acceptors (Lipinski definition) is 13. The monoisotopic (exact) mass is 679 g/mol. The summed E-state index contributed by atoms with van der Waals surface area (Å²) in [6.07, 6.45) is 0. The van der Waals surface area contributed by atoms with Crippen molar-refractivity contribution >= 4 is 17.5 Å². The van der Waals surface area contributed by atoms with Gasteiger partial charge in [-0.25, -0.2) is 5.84 Å². The molecule has 0 atom stereocenters. The van der Waals surface area contributed by atoms with Crippen LogP contribution in [-0.2, 0) is 29.3 Å². The Morgan fingerprint density at radius 1 is 0.755 bits per heavy atom. The third kappa shape index (κ3) is 12.1. The Labute approximate surface area is 287 Å². The molecule has 3 aromatic rings. The van der Waals surface area contributed by atoms with Gasteiger partial charge in [0.15, 0.2) is 0 Å². The van der Waals surface area contributed by atoms with Gasteiger partial charge in [0.05, 0.1) is 31.3 Å². The summed E-state index contributed by atoms with van der Waals surface area (Å²) in [6.45, 7) is 10.4. The number of pyridine rings is 2. The number of benzene rings is 1. The van der Waals surface area contributed by atoms with E-state index < -0.39 is 0 Å². The van der Waals surface area contributed by atoms with Gasteiger partial charge in [-0.05, 0) is 43.2 Å². The number of ether oxygens (including phenoxy) is 4. The van der Waals surface area contributed by atoms with E-state index in [1.165, 1.54) is 18.9 Å². The third-order valence-electron chi connectivity index (χ3n) is 7.45. The van der Waals surface area contributed by atoms with E-state index in [1.807, 2.05) is 44.2 Å². The molecule has 0 aliphatic rings. The number of nitrogens with one attached hydrogen (secondary N) is 4. The molecule has 0 aliphatic heterocycles. The molecule has 0 fully saturated rings. The summed E-state index contributed by atoms with van der Waals surface area (Å²) in [7, 11) is 3.10. The summed E-state index contributed by atoms with van der Waals surface area (Å²) in [5.41, 5.74) is 11.7. The first-order valence-corrected chi connectivity index (χ1v) is 15.9. The second-order valence-corrected chi connectivity index (χ2v) is 11.1. The first-order chi connectivity index (χ1) is 23.5. The van der Waals surface area contributed by atoms with Crippen LogP contribution in [0.3, 0.4) is 0 Å². The van der Waals surface area contributed by atoms with Crippen molar-refractivity contribution in [1.82, 2.24) is 31.2 Å². The van der Waals surface area contributed by atoms with Gasteiger partial charge in [0.2, 0.25) is 35.3 Å². The number of rotatable bonds is 20. The van der Waals surface area contributed by atoms with Crippen LogP contribution in [0.5, 0.6) is 23.5 Å². The van der Waals surface area contributed by atoms with Crippen LogP contribution in [0.25, 0.3) is 0 Å². The lowest BCUT2D eigenvalue weighted by Crippen LogP contribution is -2.33. The number of anilines is 1. The minimum atomic E-state index is -0.0713. The molecule has 266 valence electrons. The van der Waals surface area contributed by atoms with Gasteiger partial charge in [-0.2, -0.15) is 9.97 Å². The summed E-state index contributed by atoms with van der Waals surface area (Å²) in [4.78, 5) is 31.0. The largest absolute Gasteiger partial charge is 0.481 e. The summed E-state index contributed by atoms with van der Waals surface area (Å²) in [5.74, 6) is 8.06. The zero-order chi connectivity index (χ0) is 35.8. The van der Waals surface area contributed by atoms with Crippen molar-refractivity contribution < 1.29 is 28.5 Å². The molecule has 2 amide bonds. The van der Waals surface area contributed by atoms with Crippen LogP contribution >= 0.6 is 0 Å². The standard InChI is InChI=1S/C34H49N9O6/c1-22-28(20-48-31-12-10-26(33(41-31)46-5)18-37-14-16-39-24(3)44)8-7-9-30(22)43(36)23(2)29(35)21-49-32-13-11-27(34(42-32)47-6)19-38-15-17-40-25(4)45/h7-13,37-38H,14-21,35-36H2,1-6H3,(H,39,44)(H,40,45)/b29-23-. The van der Waals surface area contributed by atoms with E-state index in [2.05, 4.69) is 31.2 Å². The lowest BCUT2D eigenvalue weighted by molar-refractivity contribution is -0.119. The molecule has 0 aliphatic carbocycles. The van der Waals surface area contributed by atoms with E-state index in [0.29, 0.717) is 74.2 Å². The van der Waals surface area contributed by atoms with Gasteiger partial charge in [-0.3, -0.25) is 14.6 Å². The van der Waals surface area contributed by atoms with Crippen LogP contribution in [0.2, 0.25) is 0 Å². The van der Waals surface area contributed by atoms with Gasteiger partial charge in [-0.1, -0.05) is 12.1 Å². The number of methoxy groups -OCH3 is 2.